The number of allylic oxidation sites excluding steroid dienone is 1. The van der Waals surface area contributed by atoms with Gasteiger partial charge in [0.2, 0.25) is 6.29 Å². The van der Waals surface area contributed by atoms with Crippen LogP contribution in [0.25, 0.3) is 0 Å². The van der Waals surface area contributed by atoms with Gasteiger partial charge in [0.05, 0.1) is 17.7 Å². The maximum Gasteiger partial charge on any atom is 0.324 e. The van der Waals surface area contributed by atoms with E-state index in [1.807, 2.05) is 13.8 Å². The molecule has 1 aromatic carbocycles. The summed E-state index contributed by atoms with van der Waals surface area (Å²) in [6, 6.07) is 6.69. The lowest BCUT2D eigenvalue weighted by Crippen LogP contribution is -2.03. The Bertz CT molecular complexity index is 430. The molecule has 6 nitrogen and oxygen atoms in total. The largest absolute Gasteiger partial charge is 0.392 e. The first-order valence-electron chi connectivity index (χ1n) is 5.43. The third kappa shape index (κ3) is 5.22. The van der Waals surface area contributed by atoms with Gasteiger partial charge in [-0.25, -0.2) is 0 Å². The predicted octanol–water partition coefficient (Wildman–Crippen LogP) is 1.93. The lowest BCUT2D eigenvalue weighted by Gasteiger charge is -2.02. The standard InChI is InChI=1S/C10H10N2O4.C2H6/c13-6-8-2-1-3-9(4-8)11-5-10(7-14)12(15)16;1-2/h1-5,7,11,13H,6H2;1-2H3/b10-5-;. The highest BCUT2D eigenvalue weighted by molar-refractivity contribution is 5.70. The normalized spacial score (nSPS) is 10.1. The number of rotatable bonds is 5. The fourth-order valence-electron chi connectivity index (χ4n) is 1.05. The lowest BCUT2D eigenvalue weighted by atomic mass is 10.2. The molecule has 0 heterocycles. The smallest absolute Gasteiger partial charge is 0.324 e. The van der Waals surface area contributed by atoms with E-state index in [2.05, 4.69) is 5.32 Å². The van der Waals surface area contributed by atoms with E-state index in [-0.39, 0.29) is 12.9 Å². The molecule has 0 aliphatic heterocycles. The molecular weight excluding hydrogens is 236 g/mol. The Morgan fingerprint density at radius 2 is 2.17 bits per heavy atom. The van der Waals surface area contributed by atoms with Crippen molar-refractivity contribution in [2.45, 2.75) is 20.5 Å². The van der Waals surface area contributed by atoms with Crippen LogP contribution in [-0.4, -0.2) is 16.3 Å². The predicted molar refractivity (Wildman–Crippen MR) is 68.5 cm³/mol. The number of nitrogens with one attached hydrogen (secondary N) is 1. The Hall–Kier alpha value is -2.21. The zero-order valence-electron chi connectivity index (χ0n) is 10.3. The topological polar surface area (TPSA) is 92.5 Å². The number of aliphatic hydroxyl groups is 1. The first-order valence-corrected chi connectivity index (χ1v) is 5.43. The molecule has 0 saturated carbocycles. The Morgan fingerprint density at radius 1 is 1.50 bits per heavy atom. The number of aldehydes is 1. The van der Waals surface area contributed by atoms with Crippen molar-refractivity contribution in [3.8, 4) is 0 Å². The minimum Gasteiger partial charge on any atom is -0.392 e. The first-order chi connectivity index (χ1) is 8.67. The van der Waals surface area contributed by atoms with Crippen LogP contribution in [0.4, 0.5) is 5.69 Å². The highest BCUT2D eigenvalue weighted by atomic mass is 16.6. The molecule has 0 atom stereocenters. The van der Waals surface area contributed by atoms with E-state index in [1.165, 1.54) is 0 Å². The lowest BCUT2D eigenvalue weighted by molar-refractivity contribution is -0.417. The van der Waals surface area contributed by atoms with Crippen molar-refractivity contribution in [3.05, 3.63) is 51.8 Å². The van der Waals surface area contributed by atoms with Crippen LogP contribution in [0.2, 0.25) is 0 Å². The quantitative estimate of drug-likeness (QED) is 0.361. The number of hydrogen-bond acceptors (Lipinski definition) is 5. The second-order valence-corrected chi connectivity index (χ2v) is 2.95. The zero-order valence-corrected chi connectivity index (χ0v) is 10.3. The monoisotopic (exact) mass is 252 g/mol. The van der Waals surface area contributed by atoms with E-state index >= 15 is 0 Å². The van der Waals surface area contributed by atoms with Crippen molar-refractivity contribution >= 4 is 12.0 Å². The number of nitrogens with zero attached hydrogens (tertiary/aromatic N) is 1. The van der Waals surface area contributed by atoms with Gasteiger partial charge in [0.25, 0.3) is 0 Å². The van der Waals surface area contributed by atoms with Gasteiger partial charge in [-0.05, 0) is 17.7 Å². The molecule has 0 spiro atoms. The minimum atomic E-state index is -0.782. The third-order valence-electron chi connectivity index (χ3n) is 1.83. The molecular formula is C12H16N2O4. The van der Waals surface area contributed by atoms with Gasteiger partial charge < -0.3 is 10.4 Å². The van der Waals surface area contributed by atoms with Crippen LogP contribution >= 0.6 is 0 Å². The van der Waals surface area contributed by atoms with E-state index in [0.29, 0.717) is 11.3 Å². The first kappa shape index (κ1) is 15.8. The highest BCUT2D eigenvalue weighted by Gasteiger charge is 2.07. The molecule has 2 N–H and O–H groups in total. The maximum atomic E-state index is 10.3. The maximum absolute atomic E-state index is 10.3. The van der Waals surface area contributed by atoms with Gasteiger partial charge in [0, 0.05) is 5.69 Å². The number of nitro groups is 1. The SMILES string of the molecule is CC.O=C/C(=C/Nc1cccc(CO)c1)[N+](=O)[O-]. The second kappa shape index (κ2) is 8.89. The Labute approximate surface area is 105 Å². The molecule has 1 rings (SSSR count). The number of anilines is 1. The van der Waals surface area contributed by atoms with Gasteiger partial charge in [-0.2, -0.15) is 0 Å². The number of carbonyl (C=O) groups is 1. The Morgan fingerprint density at radius 3 is 2.67 bits per heavy atom. The molecule has 0 fully saturated rings. The van der Waals surface area contributed by atoms with Gasteiger partial charge in [0.1, 0.15) is 0 Å². The van der Waals surface area contributed by atoms with Crippen LogP contribution in [-0.2, 0) is 11.4 Å². The molecule has 0 unspecified atom stereocenters. The van der Waals surface area contributed by atoms with Crippen molar-refractivity contribution in [2.75, 3.05) is 5.32 Å². The van der Waals surface area contributed by atoms with Gasteiger partial charge in [-0.3, -0.25) is 14.9 Å². The Kier molecular flexibility index (Phi) is 7.80. The van der Waals surface area contributed by atoms with Crippen molar-refractivity contribution in [1.82, 2.24) is 0 Å². The van der Waals surface area contributed by atoms with Crippen LogP contribution in [0, 0.1) is 10.1 Å². The second-order valence-electron chi connectivity index (χ2n) is 2.95. The summed E-state index contributed by atoms with van der Waals surface area (Å²) in [6.07, 6.45) is 1.16. The van der Waals surface area contributed by atoms with Crippen molar-refractivity contribution in [3.63, 3.8) is 0 Å². The van der Waals surface area contributed by atoms with Gasteiger partial charge in [-0.1, -0.05) is 26.0 Å². The molecule has 98 valence electrons. The molecule has 1 aromatic rings. The number of benzene rings is 1. The minimum absolute atomic E-state index is 0.116. The molecule has 18 heavy (non-hydrogen) atoms. The molecule has 0 aromatic heterocycles. The molecule has 0 amide bonds. The summed E-state index contributed by atoms with van der Waals surface area (Å²) in [7, 11) is 0. The van der Waals surface area contributed by atoms with E-state index in [9.17, 15) is 14.9 Å². The molecule has 0 radical (unpaired) electrons. The average Bonchev–Trinajstić information content (AvgIpc) is 2.41. The highest BCUT2D eigenvalue weighted by Crippen LogP contribution is 2.10. The number of hydrogen-bond donors (Lipinski definition) is 2. The molecule has 0 saturated heterocycles. The van der Waals surface area contributed by atoms with Crippen molar-refractivity contribution in [2.24, 2.45) is 0 Å². The molecule has 0 aliphatic rings. The summed E-state index contributed by atoms with van der Waals surface area (Å²) >= 11 is 0. The van der Waals surface area contributed by atoms with E-state index in [4.69, 9.17) is 5.11 Å². The number of carbonyl (C=O) groups excluding carboxylic acids is 1. The molecule has 0 aliphatic carbocycles. The van der Waals surface area contributed by atoms with Crippen LogP contribution in [0.5, 0.6) is 0 Å². The van der Waals surface area contributed by atoms with Crippen molar-refractivity contribution < 1.29 is 14.8 Å². The summed E-state index contributed by atoms with van der Waals surface area (Å²) in [5.74, 6) is 0. The van der Waals surface area contributed by atoms with Crippen LogP contribution in [0.3, 0.4) is 0 Å². The summed E-state index contributed by atoms with van der Waals surface area (Å²) in [6.45, 7) is 3.88. The van der Waals surface area contributed by atoms with Crippen LogP contribution in [0.1, 0.15) is 19.4 Å². The van der Waals surface area contributed by atoms with E-state index in [0.717, 1.165) is 6.20 Å². The number of aliphatic hydroxyl groups excluding tert-OH is 1. The average molecular weight is 252 g/mol. The van der Waals surface area contributed by atoms with Crippen molar-refractivity contribution in [1.29, 1.82) is 0 Å². The fraction of sp³-hybridized carbons (Fsp3) is 0.250. The van der Waals surface area contributed by atoms with E-state index < -0.39 is 10.6 Å². The summed E-state index contributed by atoms with van der Waals surface area (Å²) in [4.78, 5) is 19.8. The summed E-state index contributed by atoms with van der Waals surface area (Å²) in [5.41, 5.74) is 0.675. The molecule has 6 heteroatoms. The summed E-state index contributed by atoms with van der Waals surface area (Å²) in [5, 5.41) is 21.8. The van der Waals surface area contributed by atoms with Crippen LogP contribution < -0.4 is 5.32 Å². The van der Waals surface area contributed by atoms with Crippen LogP contribution in [0.15, 0.2) is 36.2 Å². The van der Waals surface area contributed by atoms with Gasteiger partial charge in [-0.15, -0.1) is 0 Å². The fourth-order valence-corrected chi connectivity index (χ4v) is 1.05. The molecule has 0 bridgehead atoms. The summed E-state index contributed by atoms with van der Waals surface area (Å²) < 4.78 is 0. The Balaban J connectivity index is 0.00000137. The van der Waals surface area contributed by atoms with Gasteiger partial charge in [0.15, 0.2) is 0 Å². The third-order valence-corrected chi connectivity index (χ3v) is 1.83. The van der Waals surface area contributed by atoms with Gasteiger partial charge >= 0.3 is 5.70 Å². The zero-order chi connectivity index (χ0) is 14.0. The van der Waals surface area contributed by atoms with E-state index in [1.54, 1.807) is 24.3 Å².